The Morgan fingerprint density at radius 2 is 2.05 bits per heavy atom. The van der Waals surface area contributed by atoms with E-state index in [0.717, 1.165) is 22.6 Å². The molecule has 0 bridgehead atoms. The second-order valence-corrected chi connectivity index (χ2v) is 5.97. The number of aromatic amines is 1. The summed E-state index contributed by atoms with van der Waals surface area (Å²) >= 11 is 0. The largest absolute Gasteiger partial charge is 0.483 e. The van der Waals surface area contributed by atoms with Gasteiger partial charge in [-0.15, -0.1) is 0 Å². The molecule has 2 heterocycles. The minimum Gasteiger partial charge on any atom is -0.483 e. The number of rotatable bonds is 1. The van der Waals surface area contributed by atoms with Crippen molar-refractivity contribution < 1.29 is 4.74 Å². The molecule has 1 aliphatic rings. The van der Waals surface area contributed by atoms with Crippen LogP contribution >= 0.6 is 0 Å². The van der Waals surface area contributed by atoms with Crippen molar-refractivity contribution >= 4 is 6.08 Å². The molecule has 1 aromatic carbocycles. The van der Waals surface area contributed by atoms with Crippen molar-refractivity contribution in [1.29, 1.82) is 5.26 Å². The van der Waals surface area contributed by atoms with Crippen LogP contribution in [0, 0.1) is 18.3 Å². The Bertz CT molecular complexity index is 883. The van der Waals surface area contributed by atoms with Crippen LogP contribution in [-0.2, 0) is 0 Å². The standard InChI is InChI=1S/C18H16N2O2/c1-11-8-14(15(10-19)17(21)20-11)12-4-5-16-13(9-12)6-7-18(2,3)22-16/h4-9H,1-3H3,(H,20,21). The number of fused-ring (bicyclic) bond motifs is 1. The van der Waals surface area contributed by atoms with Crippen LogP contribution in [0.3, 0.4) is 0 Å². The second kappa shape index (κ2) is 4.88. The van der Waals surface area contributed by atoms with Gasteiger partial charge in [-0.25, -0.2) is 0 Å². The fourth-order valence-electron chi connectivity index (χ4n) is 2.57. The number of benzene rings is 1. The molecule has 0 amide bonds. The first-order valence-corrected chi connectivity index (χ1v) is 7.06. The summed E-state index contributed by atoms with van der Waals surface area (Å²) < 4.78 is 5.89. The number of nitrogens with zero attached hydrogens (tertiary/aromatic N) is 1. The van der Waals surface area contributed by atoms with Crippen molar-refractivity contribution in [2.75, 3.05) is 0 Å². The van der Waals surface area contributed by atoms with Gasteiger partial charge in [-0.1, -0.05) is 12.1 Å². The summed E-state index contributed by atoms with van der Waals surface area (Å²) in [7, 11) is 0. The molecule has 1 aliphatic heterocycles. The van der Waals surface area contributed by atoms with E-state index in [9.17, 15) is 10.1 Å². The van der Waals surface area contributed by atoms with Gasteiger partial charge in [0.15, 0.2) is 0 Å². The van der Waals surface area contributed by atoms with Gasteiger partial charge in [0, 0.05) is 16.8 Å². The van der Waals surface area contributed by atoms with Crippen LogP contribution in [0.25, 0.3) is 17.2 Å². The van der Waals surface area contributed by atoms with E-state index in [1.165, 1.54) is 0 Å². The average molecular weight is 292 g/mol. The van der Waals surface area contributed by atoms with Gasteiger partial charge in [0.25, 0.3) is 5.56 Å². The molecule has 0 unspecified atom stereocenters. The molecule has 0 saturated carbocycles. The number of H-pyrrole nitrogens is 1. The minimum absolute atomic E-state index is 0.131. The van der Waals surface area contributed by atoms with E-state index >= 15 is 0 Å². The Labute approximate surface area is 128 Å². The summed E-state index contributed by atoms with van der Waals surface area (Å²) in [6.07, 6.45) is 4.00. The zero-order valence-corrected chi connectivity index (χ0v) is 12.7. The van der Waals surface area contributed by atoms with Gasteiger partial charge in [0.2, 0.25) is 0 Å². The van der Waals surface area contributed by atoms with Crippen LogP contribution < -0.4 is 10.3 Å². The van der Waals surface area contributed by atoms with Crippen molar-refractivity contribution in [3.8, 4) is 22.9 Å². The summed E-state index contributed by atoms with van der Waals surface area (Å²) in [6, 6.07) is 9.51. The van der Waals surface area contributed by atoms with Crippen molar-refractivity contribution in [3.05, 3.63) is 57.5 Å². The molecule has 22 heavy (non-hydrogen) atoms. The van der Waals surface area contributed by atoms with Crippen LogP contribution in [0.15, 0.2) is 35.1 Å². The monoisotopic (exact) mass is 292 g/mol. The highest BCUT2D eigenvalue weighted by molar-refractivity contribution is 5.75. The third kappa shape index (κ3) is 2.42. The van der Waals surface area contributed by atoms with E-state index < -0.39 is 0 Å². The Morgan fingerprint density at radius 1 is 1.27 bits per heavy atom. The fraction of sp³-hybridized carbons (Fsp3) is 0.222. The van der Waals surface area contributed by atoms with Crippen LogP contribution in [0.5, 0.6) is 5.75 Å². The number of aryl methyl sites for hydroxylation is 1. The molecular formula is C18H16N2O2. The van der Waals surface area contributed by atoms with Gasteiger partial charge in [0.05, 0.1) is 0 Å². The lowest BCUT2D eigenvalue weighted by atomic mass is 9.96. The summed E-state index contributed by atoms with van der Waals surface area (Å²) in [6.45, 7) is 5.79. The number of hydrogen-bond donors (Lipinski definition) is 1. The van der Waals surface area contributed by atoms with Gasteiger partial charge in [-0.05, 0) is 50.6 Å². The molecule has 1 N–H and O–H groups in total. The average Bonchev–Trinajstić information content (AvgIpc) is 2.45. The normalized spacial score (nSPS) is 14.8. The lowest BCUT2D eigenvalue weighted by molar-refractivity contribution is 0.159. The molecule has 0 saturated heterocycles. The molecule has 0 radical (unpaired) electrons. The van der Waals surface area contributed by atoms with Gasteiger partial charge < -0.3 is 9.72 Å². The lowest BCUT2D eigenvalue weighted by Gasteiger charge is -2.28. The van der Waals surface area contributed by atoms with E-state index in [-0.39, 0.29) is 16.7 Å². The van der Waals surface area contributed by atoms with Crippen molar-refractivity contribution in [1.82, 2.24) is 4.98 Å². The van der Waals surface area contributed by atoms with Crippen LogP contribution in [0.2, 0.25) is 0 Å². The van der Waals surface area contributed by atoms with Gasteiger partial charge in [0.1, 0.15) is 23.0 Å². The van der Waals surface area contributed by atoms with Gasteiger partial charge in [-0.3, -0.25) is 4.79 Å². The molecule has 0 atom stereocenters. The first-order valence-electron chi connectivity index (χ1n) is 7.06. The van der Waals surface area contributed by atoms with Crippen LogP contribution in [0.1, 0.15) is 30.7 Å². The van der Waals surface area contributed by atoms with Crippen LogP contribution in [0.4, 0.5) is 0 Å². The van der Waals surface area contributed by atoms with E-state index in [4.69, 9.17) is 4.74 Å². The van der Waals surface area contributed by atoms with Crippen LogP contribution in [-0.4, -0.2) is 10.6 Å². The maximum absolute atomic E-state index is 11.9. The second-order valence-electron chi connectivity index (χ2n) is 5.97. The van der Waals surface area contributed by atoms with E-state index in [0.29, 0.717) is 5.56 Å². The third-order valence-corrected chi connectivity index (χ3v) is 3.64. The fourth-order valence-corrected chi connectivity index (χ4v) is 2.57. The zero-order chi connectivity index (χ0) is 15.9. The molecule has 2 aromatic rings. The quantitative estimate of drug-likeness (QED) is 0.876. The van der Waals surface area contributed by atoms with E-state index in [2.05, 4.69) is 4.98 Å². The third-order valence-electron chi connectivity index (χ3n) is 3.64. The minimum atomic E-state index is -0.358. The maximum atomic E-state index is 11.9. The Kier molecular flexibility index (Phi) is 3.14. The molecule has 4 heteroatoms. The topological polar surface area (TPSA) is 65.9 Å². The number of ether oxygens (including phenoxy) is 1. The van der Waals surface area contributed by atoms with Crippen molar-refractivity contribution in [2.45, 2.75) is 26.4 Å². The summed E-state index contributed by atoms with van der Waals surface area (Å²) in [5.41, 5.74) is 2.59. The molecule has 1 aromatic heterocycles. The highest BCUT2D eigenvalue weighted by Gasteiger charge is 2.22. The predicted molar refractivity (Wildman–Crippen MR) is 85.7 cm³/mol. The SMILES string of the molecule is Cc1cc(-c2ccc3c(c2)C=CC(C)(C)O3)c(C#N)c(=O)[nH]1. The lowest BCUT2D eigenvalue weighted by Crippen LogP contribution is -2.27. The molecular weight excluding hydrogens is 276 g/mol. The Balaban J connectivity index is 2.17. The highest BCUT2D eigenvalue weighted by Crippen LogP contribution is 2.34. The molecule has 0 fully saturated rings. The number of aromatic nitrogens is 1. The number of pyridine rings is 1. The molecule has 0 spiro atoms. The van der Waals surface area contributed by atoms with Gasteiger partial charge in [-0.2, -0.15) is 5.26 Å². The van der Waals surface area contributed by atoms with Crippen molar-refractivity contribution in [2.24, 2.45) is 0 Å². The molecule has 0 aliphatic carbocycles. The number of nitriles is 1. The zero-order valence-electron chi connectivity index (χ0n) is 12.7. The van der Waals surface area contributed by atoms with Crippen molar-refractivity contribution in [3.63, 3.8) is 0 Å². The number of hydrogen-bond acceptors (Lipinski definition) is 3. The predicted octanol–water partition coefficient (Wildman–Crippen LogP) is 3.41. The van der Waals surface area contributed by atoms with E-state index in [1.54, 1.807) is 6.92 Å². The first-order chi connectivity index (χ1) is 10.4. The maximum Gasteiger partial charge on any atom is 0.266 e. The summed E-state index contributed by atoms with van der Waals surface area (Å²) in [5, 5.41) is 9.25. The Morgan fingerprint density at radius 3 is 2.77 bits per heavy atom. The molecule has 110 valence electrons. The summed E-state index contributed by atoms with van der Waals surface area (Å²) in [4.78, 5) is 14.6. The highest BCUT2D eigenvalue weighted by atomic mass is 16.5. The smallest absolute Gasteiger partial charge is 0.266 e. The molecule has 4 nitrogen and oxygen atoms in total. The Hall–Kier alpha value is -2.80. The molecule has 3 rings (SSSR count). The summed E-state index contributed by atoms with van der Waals surface area (Å²) in [5.74, 6) is 0.802. The first kappa shape index (κ1) is 14.2. The van der Waals surface area contributed by atoms with E-state index in [1.807, 2.05) is 56.3 Å². The van der Waals surface area contributed by atoms with Gasteiger partial charge >= 0.3 is 0 Å². The number of nitrogens with one attached hydrogen (secondary N) is 1.